The van der Waals surface area contributed by atoms with E-state index in [2.05, 4.69) is 112 Å². The van der Waals surface area contributed by atoms with Gasteiger partial charge >= 0.3 is 0 Å². The third kappa shape index (κ3) is 3.07. The van der Waals surface area contributed by atoms with Gasteiger partial charge in [0.05, 0.1) is 22.6 Å². The molecule has 0 radical (unpaired) electrons. The molecule has 0 saturated heterocycles. The van der Waals surface area contributed by atoms with Crippen molar-refractivity contribution in [3.05, 3.63) is 133 Å². The van der Waals surface area contributed by atoms with Gasteiger partial charge in [-0.3, -0.25) is 9.55 Å². The van der Waals surface area contributed by atoms with E-state index < -0.39 is 0 Å². The van der Waals surface area contributed by atoms with E-state index in [1.807, 2.05) is 41.9 Å². The van der Waals surface area contributed by atoms with E-state index in [9.17, 15) is 0 Å². The van der Waals surface area contributed by atoms with Crippen LogP contribution in [0.3, 0.4) is 0 Å². The summed E-state index contributed by atoms with van der Waals surface area (Å²) in [7, 11) is 2.14. The Bertz CT molecular complexity index is 2640. The first-order chi connectivity index (χ1) is 21.8. The Morgan fingerprint density at radius 3 is 2.27 bits per heavy atom. The summed E-state index contributed by atoms with van der Waals surface area (Å²) >= 11 is 1.88. The van der Waals surface area contributed by atoms with Crippen LogP contribution in [0.2, 0.25) is 0 Å². The molecule has 1 atom stereocenters. The van der Waals surface area contributed by atoms with Gasteiger partial charge in [-0.1, -0.05) is 84.9 Å². The Balaban J connectivity index is 1.40. The average Bonchev–Trinajstić information content (AvgIpc) is 3.75. The second-order valence-electron chi connectivity index (χ2n) is 11.5. The van der Waals surface area contributed by atoms with Crippen LogP contribution in [0.25, 0.3) is 63.7 Å². The summed E-state index contributed by atoms with van der Waals surface area (Å²) in [6.07, 6.45) is 3.78. The molecule has 0 aliphatic carbocycles. The van der Waals surface area contributed by atoms with Gasteiger partial charge in [0, 0.05) is 66.5 Å². The molecule has 0 spiro atoms. The number of benzene rings is 5. The zero-order valence-electron chi connectivity index (χ0n) is 23.7. The molecule has 6 heteroatoms. The summed E-state index contributed by atoms with van der Waals surface area (Å²) in [5.74, 6) is 1.46. The van der Waals surface area contributed by atoms with Gasteiger partial charge in [0.25, 0.3) is 0 Å². The van der Waals surface area contributed by atoms with Crippen LogP contribution in [0.4, 0.5) is 5.88 Å². The molecule has 4 aromatic heterocycles. The van der Waals surface area contributed by atoms with E-state index >= 15 is 0 Å². The van der Waals surface area contributed by atoms with Gasteiger partial charge in [0.15, 0.2) is 0 Å². The van der Waals surface area contributed by atoms with Gasteiger partial charge in [-0.05, 0) is 29.8 Å². The Hall–Kier alpha value is -5.46. The number of fused-ring (bicyclic) bond motifs is 13. The second kappa shape index (κ2) is 8.78. The molecule has 208 valence electrons. The van der Waals surface area contributed by atoms with Crippen molar-refractivity contribution in [3.63, 3.8) is 0 Å². The maximum atomic E-state index is 6.50. The van der Waals surface area contributed by atoms with Crippen LogP contribution < -0.4 is 0 Å². The van der Waals surface area contributed by atoms with Crippen LogP contribution in [-0.2, 0) is 0 Å². The smallest absolute Gasteiger partial charge is 0.228 e. The number of furan rings is 1. The van der Waals surface area contributed by atoms with Crippen molar-refractivity contribution in [2.45, 2.75) is 6.04 Å². The fourth-order valence-corrected chi connectivity index (χ4v) is 8.59. The summed E-state index contributed by atoms with van der Waals surface area (Å²) in [6.45, 7) is 0. The van der Waals surface area contributed by atoms with Crippen LogP contribution in [0.15, 0.2) is 131 Å². The number of hydrogen-bond acceptors (Lipinski definition) is 5. The number of hydrogen-bond donors (Lipinski definition) is 0. The lowest BCUT2D eigenvalue weighted by molar-refractivity contribution is 0.403. The molecule has 10 rings (SSSR count). The van der Waals surface area contributed by atoms with Crippen molar-refractivity contribution in [1.82, 2.24) is 14.5 Å². The minimum atomic E-state index is -0.136. The lowest BCUT2D eigenvalue weighted by atomic mass is 9.96. The number of pyridine rings is 1. The molecule has 1 unspecified atom stereocenters. The Morgan fingerprint density at radius 1 is 0.705 bits per heavy atom. The standard InChI is InChI=1S/C38H24N4OS/c1-41-34(22-11-10-20-39-21-22)33-26-15-5-8-18-29(26)43-37(33)40-38(41)42-28-17-7-4-14-25(28)31-32-27-16-6-9-19-30(27)44-36(32)24-13-3-2-12-23(24)35(31)42/h2-21,34H,1H3. The lowest BCUT2D eigenvalue weighted by Crippen LogP contribution is -2.38. The predicted molar refractivity (Wildman–Crippen MR) is 182 cm³/mol. The molecule has 5 aromatic carbocycles. The fraction of sp³-hybridized carbons (Fsp3) is 0.0526. The van der Waals surface area contributed by atoms with E-state index in [-0.39, 0.29) is 6.04 Å². The van der Waals surface area contributed by atoms with Gasteiger partial charge in [-0.2, -0.15) is 4.99 Å². The molecule has 0 N–H and O–H groups in total. The summed E-state index contributed by atoms with van der Waals surface area (Å²) in [6, 6.07) is 38.6. The predicted octanol–water partition coefficient (Wildman–Crippen LogP) is 10.0. The Morgan fingerprint density at radius 2 is 1.43 bits per heavy atom. The van der Waals surface area contributed by atoms with E-state index in [0.717, 1.165) is 39.1 Å². The van der Waals surface area contributed by atoms with Crippen molar-refractivity contribution in [3.8, 4) is 0 Å². The lowest BCUT2D eigenvalue weighted by Gasteiger charge is -2.34. The van der Waals surface area contributed by atoms with E-state index in [0.29, 0.717) is 5.88 Å². The number of thiophene rings is 1. The molecule has 5 nitrogen and oxygen atoms in total. The van der Waals surface area contributed by atoms with Gasteiger partial charge < -0.3 is 9.32 Å². The summed E-state index contributed by atoms with van der Waals surface area (Å²) in [5, 5.41) is 8.61. The van der Waals surface area contributed by atoms with Crippen molar-refractivity contribution >= 4 is 86.9 Å². The highest BCUT2D eigenvalue weighted by atomic mass is 32.1. The average molecular weight is 585 g/mol. The monoisotopic (exact) mass is 584 g/mol. The van der Waals surface area contributed by atoms with E-state index in [1.54, 1.807) is 0 Å². The number of aliphatic imine (C=N–C) groups is 1. The third-order valence-corrected chi connectivity index (χ3v) is 10.3. The van der Waals surface area contributed by atoms with Gasteiger partial charge in [-0.15, -0.1) is 11.3 Å². The summed E-state index contributed by atoms with van der Waals surface area (Å²) in [4.78, 5) is 12.1. The maximum Gasteiger partial charge on any atom is 0.228 e. The first kappa shape index (κ1) is 24.0. The molecule has 0 saturated carbocycles. The molecule has 9 aromatic rings. The van der Waals surface area contributed by atoms with Crippen LogP contribution in [0.1, 0.15) is 17.2 Å². The third-order valence-electron chi connectivity index (χ3n) is 9.14. The molecular weight excluding hydrogens is 561 g/mol. The SMILES string of the molecule is CN1C(n2c3ccccc3c3c4c5ccccc5sc4c4ccccc4c32)=Nc2oc3ccccc3c2C1c1cccnc1. The van der Waals surface area contributed by atoms with Crippen LogP contribution in [0.5, 0.6) is 0 Å². The van der Waals surface area contributed by atoms with Crippen LogP contribution >= 0.6 is 11.3 Å². The highest BCUT2D eigenvalue weighted by Crippen LogP contribution is 2.49. The van der Waals surface area contributed by atoms with Gasteiger partial charge in [0.1, 0.15) is 5.58 Å². The minimum Gasteiger partial charge on any atom is -0.438 e. The summed E-state index contributed by atoms with van der Waals surface area (Å²) < 4.78 is 11.5. The molecule has 0 fully saturated rings. The summed E-state index contributed by atoms with van der Waals surface area (Å²) in [5.41, 5.74) is 5.27. The molecule has 0 amide bonds. The highest BCUT2D eigenvalue weighted by molar-refractivity contribution is 7.27. The quantitative estimate of drug-likeness (QED) is 0.193. The Kier molecular flexibility index (Phi) is 4.80. The van der Waals surface area contributed by atoms with E-state index in [1.165, 1.54) is 41.7 Å². The molecule has 1 aliphatic rings. The van der Waals surface area contributed by atoms with Crippen molar-refractivity contribution in [2.75, 3.05) is 7.05 Å². The number of para-hydroxylation sites is 2. The largest absolute Gasteiger partial charge is 0.438 e. The first-order valence-electron chi connectivity index (χ1n) is 14.8. The zero-order valence-corrected chi connectivity index (χ0v) is 24.5. The Labute approximate surface area is 255 Å². The molecule has 5 heterocycles. The van der Waals surface area contributed by atoms with Crippen LogP contribution in [-0.4, -0.2) is 27.5 Å². The minimum absolute atomic E-state index is 0.136. The van der Waals surface area contributed by atoms with Crippen molar-refractivity contribution in [1.29, 1.82) is 0 Å². The number of nitrogens with zero attached hydrogens (tertiary/aromatic N) is 4. The normalized spacial score (nSPS) is 15.2. The molecule has 1 aliphatic heterocycles. The van der Waals surface area contributed by atoms with Crippen LogP contribution in [0, 0.1) is 0 Å². The van der Waals surface area contributed by atoms with Gasteiger partial charge in [-0.25, -0.2) is 0 Å². The van der Waals surface area contributed by atoms with Gasteiger partial charge in [0.2, 0.25) is 11.8 Å². The van der Waals surface area contributed by atoms with Crippen molar-refractivity contribution < 1.29 is 4.42 Å². The highest BCUT2D eigenvalue weighted by Gasteiger charge is 2.36. The molecule has 0 bridgehead atoms. The van der Waals surface area contributed by atoms with E-state index in [4.69, 9.17) is 9.41 Å². The topological polar surface area (TPSA) is 46.6 Å². The van der Waals surface area contributed by atoms with Crippen molar-refractivity contribution in [2.24, 2.45) is 4.99 Å². The number of aromatic nitrogens is 2. The first-order valence-corrected chi connectivity index (χ1v) is 15.6. The molecule has 44 heavy (non-hydrogen) atoms. The fourth-order valence-electron chi connectivity index (χ4n) is 7.34. The number of rotatable bonds is 1. The second-order valence-corrected chi connectivity index (χ2v) is 12.5. The zero-order chi connectivity index (χ0) is 28.9. The maximum absolute atomic E-state index is 6.50. The molecular formula is C38H24N4OS.